The quantitative estimate of drug-likeness (QED) is 0.312. The lowest BCUT2D eigenvalue weighted by Gasteiger charge is -2.33. The molecule has 218 valence electrons. The number of carbonyl (C=O) groups is 3. The molecule has 9 nitrogen and oxygen atoms in total. The zero-order valence-corrected chi connectivity index (χ0v) is 24.4. The molecule has 1 fully saturated rings. The lowest BCUT2D eigenvalue weighted by molar-refractivity contribution is 0.0462. The number of rotatable bonds is 4. The van der Waals surface area contributed by atoms with Gasteiger partial charge in [-0.2, -0.15) is 0 Å². The fraction of sp³-hybridized carbons (Fsp3) is 0.300. The average Bonchev–Trinajstić information content (AvgIpc) is 3.49. The van der Waals surface area contributed by atoms with Crippen LogP contribution in [0, 0.1) is 0 Å². The van der Waals surface area contributed by atoms with Crippen LogP contribution >= 0.6 is 34.8 Å². The van der Waals surface area contributed by atoms with Crippen LogP contribution in [0.15, 0.2) is 66.7 Å². The smallest absolute Gasteiger partial charge is 0.416 e. The third-order valence-electron chi connectivity index (χ3n) is 7.96. The second-order valence-corrected chi connectivity index (χ2v) is 13.0. The fourth-order valence-corrected chi connectivity index (χ4v) is 6.21. The Morgan fingerprint density at radius 3 is 2.24 bits per heavy atom. The predicted octanol–water partition coefficient (Wildman–Crippen LogP) is 4.84. The molecule has 12 heteroatoms. The van der Waals surface area contributed by atoms with Gasteiger partial charge in [0, 0.05) is 18.5 Å². The van der Waals surface area contributed by atoms with Crippen LogP contribution in [0.4, 0.5) is 10.5 Å². The van der Waals surface area contributed by atoms with E-state index in [4.69, 9.17) is 50.0 Å². The minimum atomic E-state index is -1.91. The summed E-state index contributed by atoms with van der Waals surface area (Å²) in [7, 11) is 0. The normalized spacial score (nSPS) is 21.3. The summed E-state index contributed by atoms with van der Waals surface area (Å²) in [5.74, 6) is -1.27. The van der Waals surface area contributed by atoms with Gasteiger partial charge in [0.25, 0.3) is 5.91 Å². The van der Waals surface area contributed by atoms with Gasteiger partial charge in [-0.05, 0) is 46.9 Å². The molecule has 1 unspecified atom stereocenters. The van der Waals surface area contributed by atoms with Gasteiger partial charge in [-0.3, -0.25) is 4.79 Å². The van der Waals surface area contributed by atoms with Crippen molar-refractivity contribution in [2.45, 2.75) is 34.4 Å². The molecule has 0 bridgehead atoms. The zero-order valence-electron chi connectivity index (χ0n) is 22.1. The summed E-state index contributed by atoms with van der Waals surface area (Å²) in [6.07, 6.45) is -2.24. The van der Waals surface area contributed by atoms with E-state index in [0.717, 1.165) is 27.2 Å². The van der Waals surface area contributed by atoms with Crippen LogP contribution in [-0.4, -0.2) is 69.8 Å². The summed E-state index contributed by atoms with van der Waals surface area (Å²) in [4.78, 5) is 42.4. The summed E-state index contributed by atoms with van der Waals surface area (Å²) in [6.45, 7) is -0.257. The first-order valence-electron chi connectivity index (χ1n) is 13.3. The third-order valence-corrected chi connectivity index (χ3v) is 8.28. The first-order chi connectivity index (χ1) is 20.0. The molecule has 3 aromatic carbocycles. The van der Waals surface area contributed by atoms with Crippen molar-refractivity contribution in [2.75, 3.05) is 24.7 Å². The number of nitrogens with two attached hydrogens (primary N) is 1. The maximum atomic E-state index is 13.5. The second-order valence-electron chi connectivity index (χ2n) is 10.5. The molecule has 2 heterocycles. The van der Waals surface area contributed by atoms with E-state index in [1.54, 1.807) is 0 Å². The number of hydrogen-bond acceptors (Lipinski definition) is 7. The number of hydrogen-bond donors (Lipinski definition) is 2. The van der Waals surface area contributed by atoms with Crippen molar-refractivity contribution in [3.63, 3.8) is 0 Å². The minimum Gasteiger partial charge on any atom is -0.461 e. The molecule has 3 aromatic rings. The number of esters is 1. The van der Waals surface area contributed by atoms with Gasteiger partial charge in [0.1, 0.15) is 13.2 Å². The monoisotopic (exact) mass is 629 g/mol. The lowest BCUT2D eigenvalue weighted by atomic mass is 9.98. The molecule has 0 spiro atoms. The first-order valence-corrected chi connectivity index (χ1v) is 14.5. The van der Waals surface area contributed by atoms with E-state index in [1.165, 1.54) is 23.1 Å². The van der Waals surface area contributed by atoms with Crippen LogP contribution in [0.25, 0.3) is 11.1 Å². The number of carbonyl (C=O) groups excluding carboxylic acids is 3. The number of anilines is 1. The van der Waals surface area contributed by atoms with E-state index >= 15 is 0 Å². The number of fused-ring (bicyclic) bond motifs is 5. The molecule has 3 atom stereocenters. The molecule has 0 radical (unpaired) electrons. The number of alkyl halides is 3. The van der Waals surface area contributed by atoms with Gasteiger partial charge in [-0.1, -0.05) is 83.3 Å². The van der Waals surface area contributed by atoms with E-state index in [-0.39, 0.29) is 35.9 Å². The largest absolute Gasteiger partial charge is 0.461 e. The van der Waals surface area contributed by atoms with Gasteiger partial charge in [-0.15, -0.1) is 0 Å². The second kappa shape index (κ2) is 11.1. The Labute approximate surface area is 256 Å². The van der Waals surface area contributed by atoms with E-state index in [0.29, 0.717) is 6.42 Å². The summed E-state index contributed by atoms with van der Waals surface area (Å²) in [5, 5.41) is 11.4. The van der Waals surface area contributed by atoms with Crippen molar-refractivity contribution in [1.82, 2.24) is 4.90 Å². The minimum absolute atomic E-state index is 0.0468. The number of halogens is 3. The maximum Gasteiger partial charge on any atom is 0.416 e. The summed E-state index contributed by atoms with van der Waals surface area (Å²) < 4.78 is 9.04. The number of aliphatic hydroxyl groups is 1. The molecular weight excluding hydrogens is 605 g/mol. The van der Waals surface area contributed by atoms with Crippen molar-refractivity contribution in [3.05, 3.63) is 89.0 Å². The molecule has 6 rings (SSSR count). The van der Waals surface area contributed by atoms with Crippen LogP contribution in [0.3, 0.4) is 0 Å². The molecule has 3 N–H and O–H groups in total. The first kappa shape index (κ1) is 28.8. The Kier molecular flexibility index (Phi) is 7.57. The van der Waals surface area contributed by atoms with Crippen molar-refractivity contribution in [1.29, 1.82) is 0 Å². The summed E-state index contributed by atoms with van der Waals surface area (Å²) >= 11 is 17.3. The van der Waals surface area contributed by atoms with E-state index < -0.39 is 46.7 Å². The van der Waals surface area contributed by atoms with Crippen molar-refractivity contribution >= 4 is 58.5 Å². The molecular formula is C30H26Cl3N3O6. The molecule has 1 aliphatic carbocycles. The topological polar surface area (TPSA) is 122 Å². The lowest BCUT2D eigenvalue weighted by Crippen LogP contribution is -2.56. The van der Waals surface area contributed by atoms with Crippen molar-refractivity contribution < 1.29 is 29.0 Å². The van der Waals surface area contributed by atoms with Gasteiger partial charge in [0.2, 0.25) is 3.79 Å². The highest BCUT2D eigenvalue weighted by atomic mass is 35.6. The number of nitrogens with zero attached hydrogens (tertiary/aromatic N) is 2. The van der Waals surface area contributed by atoms with Crippen LogP contribution in [-0.2, 0) is 9.47 Å². The Hall–Kier alpha value is -3.34. The van der Waals surface area contributed by atoms with Crippen molar-refractivity contribution in [2.24, 2.45) is 5.73 Å². The Bertz CT molecular complexity index is 1530. The molecule has 0 saturated carbocycles. The van der Waals surface area contributed by atoms with Gasteiger partial charge >= 0.3 is 12.1 Å². The molecule has 0 aromatic heterocycles. The standard InChI is InChI=1S/C30H26Cl3N3O6/c31-30(32,33)15-42-29(40)36-24-13-16(9-10-21(24)26(37)35-12-11-23(34)25(35)27(36)38)28(39)41-14-22-19-7-3-1-5-17(19)18-6-2-4-8-20(18)22/h1-10,13,22-23,25,27,38H,11-12,14-15,34H2/t23?,25-,27-/m0/s1. The number of amides is 2. The Balaban J connectivity index is 1.31. The average molecular weight is 631 g/mol. The fourth-order valence-electron chi connectivity index (χ4n) is 6.05. The zero-order chi connectivity index (χ0) is 29.8. The molecule has 2 aliphatic heterocycles. The van der Waals surface area contributed by atoms with E-state index in [1.807, 2.05) is 48.5 Å². The van der Waals surface area contributed by atoms with E-state index in [2.05, 4.69) is 0 Å². The number of benzene rings is 3. The van der Waals surface area contributed by atoms with Crippen molar-refractivity contribution in [3.8, 4) is 11.1 Å². The summed E-state index contributed by atoms with van der Waals surface area (Å²) in [6, 6.07) is 18.6. The SMILES string of the molecule is NC1CCN2C(=O)c3ccc(C(=O)OCC4c5ccccc5-c5ccccc54)cc3N(C(=O)OCC(Cl)(Cl)Cl)[C@@H](O)[C@H]12. The van der Waals surface area contributed by atoms with Gasteiger partial charge in [-0.25, -0.2) is 14.5 Å². The van der Waals surface area contributed by atoms with Crippen LogP contribution in [0.2, 0.25) is 0 Å². The Morgan fingerprint density at radius 2 is 1.60 bits per heavy atom. The number of aliphatic hydroxyl groups excluding tert-OH is 1. The molecule has 42 heavy (non-hydrogen) atoms. The van der Waals surface area contributed by atoms with Gasteiger partial charge in [0.05, 0.1) is 22.9 Å². The van der Waals surface area contributed by atoms with E-state index in [9.17, 15) is 19.5 Å². The Morgan fingerprint density at radius 1 is 0.952 bits per heavy atom. The van der Waals surface area contributed by atoms with Gasteiger partial charge < -0.3 is 25.2 Å². The van der Waals surface area contributed by atoms with Crippen LogP contribution in [0.5, 0.6) is 0 Å². The highest BCUT2D eigenvalue weighted by molar-refractivity contribution is 6.67. The highest BCUT2D eigenvalue weighted by Gasteiger charge is 2.48. The molecule has 2 amide bonds. The predicted molar refractivity (Wildman–Crippen MR) is 158 cm³/mol. The van der Waals surface area contributed by atoms with Crippen LogP contribution in [0.1, 0.15) is 44.2 Å². The highest BCUT2D eigenvalue weighted by Crippen LogP contribution is 2.44. The summed E-state index contributed by atoms with van der Waals surface area (Å²) in [5.41, 5.74) is 10.6. The number of ether oxygens (including phenoxy) is 2. The van der Waals surface area contributed by atoms with Gasteiger partial charge in [0.15, 0.2) is 6.23 Å². The maximum absolute atomic E-state index is 13.5. The molecule has 1 saturated heterocycles. The third kappa shape index (κ3) is 5.09. The molecule has 3 aliphatic rings. The van der Waals surface area contributed by atoms with Crippen LogP contribution < -0.4 is 10.6 Å².